The van der Waals surface area contributed by atoms with Crippen molar-refractivity contribution in [2.24, 2.45) is 0 Å². The van der Waals surface area contributed by atoms with E-state index in [-0.39, 0.29) is 0 Å². The molecule has 0 amide bonds. The lowest BCUT2D eigenvalue weighted by Gasteiger charge is -2.22. The summed E-state index contributed by atoms with van der Waals surface area (Å²) in [5.41, 5.74) is -0.464. The third-order valence-electron chi connectivity index (χ3n) is 2.40. The van der Waals surface area contributed by atoms with Crippen LogP contribution in [0.4, 0.5) is 0 Å². The summed E-state index contributed by atoms with van der Waals surface area (Å²) < 4.78 is 0. The fourth-order valence-electron chi connectivity index (χ4n) is 1.23. The van der Waals surface area contributed by atoms with Gasteiger partial charge in [0.25, 0.3) is 0 Å². The Morgan fingerprint density at radius 3 is 2.06 bits per heavy atom. The van der Waals surface area contributed by atoms with Gasteiger partial charge in [0.1, 0.15) is 0 Å². The van der Waals surface area contributed by atoms with Crippen LogP contribution in [0.5, 0.6) is 0 Å². The third kappa shape index (κ3) is 4.13. The Balaban J connectivity index is 2.61. The van der Waals surface area contributed by atoms with E-state index in [4.69, 9.17) is 4.89 Å². The molecule has 0 aliphatic carbocycles. The van der Waals surface area contributed by atoms with Crippen LogP contribution in [-0.4, -0.2) is 11.6 Å². The minimum atomic E-state index is -0.789. The van der Waals surface area contributed by atoms with Gasteiger partial charge in [-0.2, -0.15) is 4.89 Å². The molecule has 0 fully saturated rings. The predicted molar refractivity (Wildman–Crippen MR) is 67.5 cm³/mol. The van der Waals surface area contributed by atoms with Crippen molar-refractivity contribution in [3.8, 4) is 0 Å². The normalized spacial score (nSPS) is 12.3. The number of carbonyl (C=O) groups is 1. The Hall–Kier alpha value is -1.39. The molecule has 0 saturated heterocycles. The molecule has 0 atom stereocenters. The van der Waals surface area contributed by atoms with Crippen LogP contribution in [-0.2, 0) is 25.0 Å². The topological polar surface area (TPSA) is 44.8 Å². The van der Waals surface area contributed by atoms with Gasteiger partial charge in [0.05, 0.1) is 11.0 Å². The van der Waals surface area contributed by atoms with E-state index in [9.17, 15) is 4.79 Å². The van der Waals surface area contributed by atoms with E-state index in [0.717, 1.165) is 5.56 Å². The molecule has 0 bridgehead atoms. The highest BCUT2D eigenvalue weighted by Crippen LogP contribution is 2.24. The summed E-state index contributed by atoms with van der Waals surface area (Å²) in [4.78, 5) is 21.5. The second-order valence-electron chi connectivity index (χ2n) is 5.63. The van der Waals surface area contributed by atoms with E-state index in [0.29, 0.717) is 0 Å². The molecule has 0 N–H and O–H groups in total. The zero-order valence-electron chi connectivity index (χ0n) is 11.5. The molecule has 0 aliphatic rings. The molecular weight excluding hydrogens is 232 g/mol. The molecule has 4 nitrogen and oxygen atoms in total. The number of hydrogen-bond acceptors (Lipinski definition) is 4. The van der Waals surface area contributed by atoms with E-state index in [1.807, 2.05) is 30.3 Å². The summed E-state index contributed by atoms with van der Waals surface area (Å²) in [7, 11) is 0. The van der Waals surface area contributed by atoms with Crippen LogP contribution < -0.4 is 0 Å². The minimum Gasteiger partial charge on any atom is -0.268 e. The molecule has 18 heavy (non-hydrogen) atoms. The van der Waals surface area contributed by atoms with Gasteiger partial charge in [0.15, 0.2) is 0 Å². The molecule has 4 heteroatoms. The molecule has 1 aromatic rings. The van der Waals surface area contributed by atoms with E-state index >= 15 is 0 Å². The van der Waals surface area contributed by atoms with E-state index in [1.54, 1.807) is 34.6 Å². The largest absolute Gasteiger partial charge is 0.355 e. The van der Waals surface area contributed by atoms with Crippen molar-refractivity contribution in [2.75, 3.05) is 0 Å². The Bertz CT molecular complexity index is 390. The van der Waals surface area contributed by atoms with Crippen molar-refractivity contribution in [3.05, 3.63) is 35.9 Å². The molecule has 0 radical (unpaired) electrons. The van der Waals surface area contributed by atoms with Gasteiger partial charge < -0.3 is 0 Å². The summed E-state index contributed by atoms with van der Waals surface area (Å²) in [6.45, 7) is 8.92. The standard InChI is InChI=1S/C14H20O4/c1-13(2,3)17-18-16-12(15)14(4,5)11-9-7-6-8-10-11/h6-10H,1-5H3. The number of benzene rings is 1. The fraction of sp³-hybridized carbons (Fsp3) is 0.500. The smallest absolute Gasteiger partial charge is 0.268 e. The van der Waals surface area contributed by atoms with Gasteiger partial charge >= 0.3 is 5.97 Å². The maximum Gasteiger partial charge on any atom is 0.355 e. The van der Waals surface area contributed by atoms with Crippen molar-refractivity contribution in [2.45, 2.75) is 45.6 Å². The first-order valence-corrected chi connectivity index (χ1v) is 5.86. The molecule has 0 aromatic heterocycles. The molecular formula is C14H20O4. The van der Waals surface area contributed by atoms with Crippen LogP contribution in [0.3, 0.4) is 0 Å². The fourth-order valence-corrected chi connectivity index (χ4v) is 1.23. The lowest BCUT2D eigenvalue weighted by molar-refractivity contribution is -0.515. The maximum atomic E-state index is 11.9. The SMILES string of the molecule is CC(C)(C)OOOC(=O)C(C)(C)c1ccccc1. The minimum absolute atomic E-state index is 0.502. The molecule has 0 aliphatic heterocycles. The maximum absolute atomic E-state index is 11.9. The van der Waals surface area contributed by atoms with Crippen LogP contribution in [0.25, 0.3) is 0 Å². The van der Waals surface area contributed by atoms with Gasteiger partial charge in [-0.05, 0) is 45.2 Å². The Morgan fingerprint density at radius 2 is 1.56 bits per heavy atom. The van der Waals surface area contributed by atoms with Crippen LogP contribution in [0.15, 0.2) is 30.3 Å². The van der Waals surface area contributed by atoms with Crippen LogP contribution in [0.1, 0.15) is 40.2 Å². The first-order valence-electron chi connectivity index (χ1n) is 5.86. The highest BCUT2D eigenvalue weighted by Gasteiger charge is 2.33. The summed E-state index contributed by atoms with van der Waals surface area (Å²) in [6.07, 6.45) is 0. The zero-order chi connectivity index (χ0) is 13.8. The second-order valence-corrected chi connectivity index (χ2v) is 5.63. The van der Waals surface area contributed by atoms with Gasteiger partial charge in [-0.3, -0.25) is 4.89 Å². The Labute approximate surface area is 108 Å². The van der Waals surface area contributed by atoms with Crippen molar-refractivity contribution < 1.29 is 19.6 Å². The predicted octanol–water partition coefficient (Wildman–Crippen LogP) is 3.17. The molecule has 1 aromatic carbocycles. The van der Waals surface area contributed by atoms with E-state index < -0.39 is 17.0 Å². The lowest BCUT2D eigenvalue weighted by atomic mass is 9.85. The van der Waals surface area contributed by atoms with Crippen LogP contribution in [0, 0.1) is 0 Å². The highest BCUT2D eigenvalue weighted by atomic mass is 17.5. The highest BCUT2D eigenvalue weighted by molar-refractivity contribution is 5.81. The molecule has 1 rings (SSSR count). The summed E-state index contributed by atoms with van der Waals surface area (Å²) in [5, 5.41) is 4.52. The Morgan fingerprint density at radius 1 is 1.00 bits per heavy atom. The van der Waals surface area contributed by atoms with Crippen LogP contribution >= 0.6 is 0 Å². The van der Waals surface area contributed by atoms with Gasteiger partial charge in [0.2, 0.25) is 0 Å². The van der Waals surface area contributed by atoms with Gasteiger partial charge in [-0.25, -0.2) is 4.79 Å². The molecule has 0 saturated carbocycles. The third-order valence-corrected chi connectivity index (χ3v) is 2.40. The average Bonchev–Trinajstić information content (AvgIpc) is 2.28. The monoisotopic (exact) mass is 252 g/mol. The summed E-state index contributed by atoms with van der Waals surface area (Å²) in [6, 6.07) is 9.37. The molecule has 0 heterocycles. The van der Waals surface area contributed by atoms with Crippen molar-refractivity contribution in [1.82, 2.24) is 0 Å². The quantitative estimate of drug-likeness (QED) is 0.610. The van der Waals surface area contributed by atoms with Crippen molar-refractivity contribution in [3.63, 3.8) is 0 Å². The molecule has 0 unspecified atom stereocenters. The molecule has 100 valence electrons. The Kier molecular flexibility index (Phi) is 4.48. The van der Waals surface area contributed by atoms with Crippen molar-refractivity contribution >= 4 is 5.97 Å². The van der Waals surface area contributed by atoms with Crippen molar-refractivity contribution in [1.29, 1.82) is 0 Å². The first-order chi connectivity index (χ1) is 8.23. The number of carbonyl (C=O) groups excluding carboxylic acids is 1. The molecule has 0 spiro atoms. The van der Waals surface area contributed by atoms with Gasteiger partial charge in [-0.15, -0.1) is 0 Å². The average molecular weight is 252 g/mol. The van der Waals surface area contributed by atoms with E-state index in [1.165, 1.54) is 0 Å². The second kappa shape index (κ2) is 5.50. The summed E-state index contributed by atoms with van der Waals surface area (Å²) in [5.74, 6) is -0.502. The number of hydrogen-bond donors (Lipinski definition) is 0. The first kappa shape index (κ1) is 14.7. The number of rotatable bonds is 4. The van der Waals surface area contributed by atoms with E-state index in [2.05, 4.69) is 9.93 Å². The van der Waals surface area contributed by atoms with Gasteiger partial charge in [-0.1, -0.05) is 30.3 Å². The van der Waals surface area contributed by atoms with Crippen LogP contribution in [0.2, 0.25) is 0 Å². The lowest BCUT2D eigenvalue weighted by Crippen LogP contribution is -2.32. The summed E-state index contributed by atoms with van der Waals surface area (Å²) >= 11 is 0. The van der Waals surface area contributed by atoms with Gasteiger partial charge in [0, 0.05) is 0 Å². The zero-order valence-corrected chi connectivity index (χ0v) is 11.5.